The molecule has 0 aliphatic heterocycles. The highest BCUT2D eigenvalue weighted by molar-refractivity contribution is 6.07. The number of hydrogen-bond donors (Lipinski definition) is 2. The number of allylic oxidation sites excluding steroid dienone is 1. The van der Waals surface area contributed by atoms with Gasteiger partial charge in [0, 0.05) is 18.0 Å². The molecule has 1 aromatic heterocycles. The molecule has 0 radical (unpaired) electrons. The number of carboxylic acid groups (broad SMARTS) is 1. The maximum atomic E-state index is 11.7. The van der Waals surface area contributed by atoms with E-state index in [1.54, 1.807) is 18.5 Å². The van der Waals surface area contributed by atoms with E-state index in [-0.39, 0.29) is 11.3 Å². The van der Waals surface area contributed by atoms with Gasteiger partial charge in [-0.05, 0) is 24.3 Å². The number of carbonyl (C=O) groups is 2. The number of carbonyl (C=O) groups excluding carboxylic acids is 1. The molecule has 2 rings (SSSR count). The van der Waals surface area contributed by atoms with E-state index in [4.69, 9.17) is 5.11 Å². The summed E-state index contributed by atoms with van der Waals surface area (Å²) in [5, 5.41) is 8.73. The zero-order valence-corrected chi connectivity index (χ0v) is 9.33. The summed E-state index contributed by atoms with van der Waals surface area (Å²) >= 11 is 0. The first-order valence-electron chi connectivity index (χ1n) is 5.22. The summed E-state index contributed by atoms with van der Waals surface area (Å²) in [4.78, 5) is 29.2. The van der Waals surface area contributed by atoms with Crippen LogP contribution in [0.25, 0.3) is 6.08 Å². The first-order chi connectivity index (χ1) is 8.66. The molecule has 0 bridgehead atoms. The summed E-state index contributed by atoms with van der Waals surface area (Å²) in [5.74, 6) is -0.631. The van der Waals surface area contributed by atoms with Crippen LogP contribution >= 0.6 is 0 Å². The standard InChI is InChI=1S/C13H10N2O3/c16-11(5-6-12-14-7-8-15-12)9-1-3-10(4-2-9)13(17)18/h1-8H,(H,14,15)(H,17,18). The van der Waals surface area contributed by atoms with Crippen LogP contribution in [-0.2, 0) is 0 Å². The van der Waals surface area contributed by atoms with Crippen molar-refractivity contribution in [3.63, 3.8) is 0 Å². The molecule has 0 atom stereocenters. The average Bonchev–Trinajstić information content (AvgIpc) is 2.89. The fourth-order valence-electron chi connectivity index (χ4n) is 1.40. The molecule has 2 aromatic rings. The molecule has 0 amide bonds. The number of nitrogens with zero attached hydrogens (tertiary/aromatic N) is 1. The van der Waals surface area contributed by atoms with Gasteiger partial charge in [0.2, 0.25) is 0 Å². The van der Waals surface area contributed by atoms with Crippen LogP contribution in [0.4, 0.5) is 0 Å². The minimum atomic E-state index is -1.01. The van der Waals surface area contributed by atoms with Crippen molar-refractivity contribution in [2.24, 2.45) is 0 Å². The summed E-state index contributed by atoms with van der Waals surface area (Å²) < 4.78 is 0. The van der Waals surface area contributed by atoms with Crippen molar-refractivity contribution in [3.8, 4) is 0 Å². The van der Waals surface area contributed by atoms with E-state index >= 15 is 0 Å². The summed E-state index contributed by atoms with van der Waals surface area (Å²) in [5.41, 5.74) is 0.587. The second kappa shape index (κ2) is 5.09. The Morgan fingerprint density at radius 1 is 1.17 bits per heavy atom. The Hall–Kier alpha value is -2.69. The zero-order chi connectivity index (χ0) is 13.0. The molecule has 1 aromatic carbocycles. The van der Waals surface area contributed by atoms with Crippen LogP contribution in [0.15, 0.2) is 42.7 Å². The first kappa shape index (κ1) is 11.8. The number of ketones is 1. The smallest absolute Gasteiger partial charge is 0.335 e. The molecule has 0 aliphatic rings. The molecule has 5 heteroatoms. The monoisotopic (exact) mass is 242 g/mol. The minimum absolute atomic E-state index is 0.154. The number of aromatic nitrogens is 2. The quantitative estimate of drug-likeness (QED) is 0.634. The number of aromatic carboxylic acids is 1. The van der Waals surface area contributed by atoms with Crippen LogP contribution in [0, 0.1) is 0 Å². The Balaban J connectivity index is 2.12. The van der Waals surface area contributed by atoms with Gasteiger partial charge in [-0.1, -0.05) is 12.1 Å². The fourth-order valence-corrected chi connectivity index (χ4v) is 1.40. The van der Waals surface area contributed by atoms with E-state index in [1.165, 1.54) is 30.3 Å². The molecule has 0 saturated carbocycles. The SMILES string of the molecule is O=C(O)c1ccc(C(=O)C=Cc2ncc[nH]2)cc1. The Kier molecular flexibility index (Phi) is 3.33. The Morgan fingerprint density at radius 3 is 2.39 bits per heavy atom. The van der Waals surface area contributed by atoms with Crippen LogP contribution < -0.4 is 0 Å². The molecule has 0 spiro atoms. The third-order valence-corrected chi connectivity index (χ3v) is 2.33. The second-order valence-electron chi connectivity index (χ2n) is 3.55. The van der Waals surface area contributed by atoms with Crippen LogP contribution in [-0.4, -0.2) is 26.8 Å². The van der Waals surface area contributed by atoms with Crippen molar-refractivity contribution in [2.45, 2.75) is 0 Å². The third-order valence-electron chi connectivity index (χ3n) is 2.33. The van der Waals surface area contributed by atoms with E-state index in [0.29, 0.717) is 11.4 Å². The lowest BCUT2D eigenvalue weighted by molar-refractivity contribution is 0.0696. The second-order valence-corrected chi connectivity index (χ2v) is 3.55. The van der Waals surface area contributed by atoms with E-state index < -0.39 is 5.97 Å². The van der Waals surface area contributed by atoms with Gasteiger partial charge in [-0.25, -0.2) is 9.78 Å². The van der Waals surface area contributed by atoms with Gasteiger partial charge in [-0.15, -0.1) is 0 Å². The number of benzene rings is 1. The third kappa shape index (κ3) is 2.70. The van der Waals surface area contributed by atoms with Gasteiger partial charge in [0.15, 0.2) is 5.78 Å². The number of nitrogens with one attached hydrogen (secondary N) is 1. The molecule has 90 valence electrons. The molecule has 5 nitrogen and oxygen atoms in total. The lowest BCUT2D eigenvalue weighted by atomic mass is 10.1. The van der Waals surface area contributed by atoms with E-state index in [1.807, 2.05) is 0 Å². The number of hydrogen-bond acceptors (Lipinski definition) is 3. The van der Waals surface area contributed by atoms with Gasteiger partial charge >= 0.3 is 5.97 Å². The van der Waals surface area contributed by atoms with Crippen molar-refractivity contribution in [1.29, 1.82) is 0 Å². The number of H-pyrrole nitrogens is 1. The molecule has 2 N–H and O–H groups in total. The topological polar surface area (TPSA) is 83.0 Å². The predicted octanol–water partition coefficient (Wildman–Crippen LogP) is 2.00. The van der Waals surface area contributed by atoms with Gasteiger partial charge in [0.25, 0.3) is 0 Å². The molecule has 0 unspecified atom stereocenters. The van der Waals surface area contributed by atoms with Crippen molar-refractivity contribution in [2.75, 3.05) is 0 Å². The molecule has 0 fully saturated rings. The van der Waals surface area contributed by atoms with Crippen molar-refractivity contribution < 1.29 is 14.7 Å². The minimum Gasteiger partial charge on any atom is -0.478 e. The largest absolute Gasteiger partial charge is 0.478 e. The summed E-state index contributed by atoms with van der Waals surface area (Å²) in [6.07, 6.45) is 6.19. The van der Waals surface area contributed by atoms with Gasteiger partial charge < -0.3 is 10.1 Å². The van der Waals surface area contributed by atoms with Crippen molar-refractivity contribution >= 4 is 17.8 Å². The summed E-state index contributed by atoms with van der Waals surface area (Å²) in [6.45, 7) is 0. The molecule has 0 aliphatic carbocycles. The van der Waals surface area contributed by atoms with Crippen molar-refractivity contribution in [3.05, 3.63) is 59.7 Å². The van der Waals surface area contributed by atoms with Crippen LogP contribution in [0.3, 0.4) is 0 Å². The van der Waals surface area contributed by atoms with E-state index in [2.05, 4.69) is 9.97 Å². The Labute approximate surface area is 103 Å². The predicted molar refractivity (Wildman–Crippen MR) is 65.4 cm³/mol. The van der Waals surface area contributed by atoms with Gasteiger partial charge in [0.05, 0.1) is 5.56 Å². The Bertz CT molecular complexity index is 583. The maximum absolute atomic E-state index is 11.7. The average molecular weight is 242 g/mol. The molecular weight excluding hydrogens is 232 g/mol. The Morgan fingerprint density at radius 2 is 1.83 bits per heavy atom. The van der Waals surface area contributed by atoms with Gasteiger partial charge in [-0.3, -0.25) is 4.79 Å². The number of imidazole rings is 1. The molecule has 18 heavy (non-hydrogen) atoms. The van der Waals surface area contributed by atoms with E-state index in [0.717, 1.165) is 0 Å². The van der Waals surface area contributed by atoms with Gasteiger partial charge in [0.1, 0.15) is 5.82 Å². The van der Waals surface area contributed by atoms with Crippen LogP contribution in [0.2, 0.25) is 0 Å². The molecule has 1 heterocycles. The first-order valence-corrected chi connectivity index (χ1v) is 5.22. The normalized spacial score (nSPS) is 10.7. The highest BCUT2D eigenvalue weighted by atomic mass is 16.4. The molecular formula is C13H10N2O3. The highest BCUT2D eigenvalue weighted by Crippen LogP contribution is 2.06. The lowest BCUT2D eigenvalue weighted by Crippen LogP contribution is -1.98. The number of carboxylic acids is 1. The van der Waals surface area contributed by atoms with Crippen LogP contribution in [0.5, 0.6) is 0 Å². The zero-order valence-electron chi connectivity index (χ0n) is 9.33. The number of aromatic amines is 1. The van der Waals surface area contributed by atoms with Crippen molar-refractivity contribution in [1.82, 2.24) is 9.97 Å². The summed E-state index contributed by atoms with van der Waals surface area (Å²) in [7, 11) is 0. The van der Waals surface area contributed by atoms with E-state index in [9.17, 15) is 9.59 Å². The fraction of sp³-hybridized carbons (Fsp3) is 0. The maximum Gasteiger partial charge on any atom is 0.335 e. The van der Waals surface area contributed by atoms with Crippen LogP contribution in [0.1, 0.15) is 26.5 Å². The van der Waals surface area contributed by atoms with Gasteiger partial charge in [-0.2, -0.15) is 0 Å². The highest BCUT2D eigenvalue weighted by Gasteiger charge is 2.05. The molecule has 0 saturated heterocycles. The lowest BCUT2D eigenvalue weighted by Gasteiger charge is -1.97. The summed E-state index contributed by atoms with van der Waals surface area (Å²) in [6, 6.07) is 5.77. The number of rotatable bonds is 4.